The quantitative estimate of drug-likeness (QED) is 0.555. The maximum atomic E-state index is 13.9. The van der Waals surface area contributed by atoms with E-state index < -0.39 is 46.9 Å². The molecule has 6 nitrogen and oxygen atoms in total. The molecule has 0 radical (unpaired) electrons. The van der Waals surface area contributed by atoms with E-state index >= 15 is 0 Å². The summed E-state index contributed by atoms with van der Waals surface area (Å²) in [6.45, 7) is 6.37. The number of aromatic nitrogens is 2. The first kappa shape index (κ1) is 23.2. The van der Waals surface area contributed by atoms with E-state index in [9.17, 15) is 27.2 Å². The first-order valence-corrected chi connectivity index (χ1v) is 9.67. The summed E-state index contributed by atoms with van der Waals surface area (Å²) in [4.78, 5) is 29.7. The van der Waals surface area contributed by atoms with Crippen LogP contribution in [0.1, 0.15) is 51.6 Å². The average molecular weight is 451 g/mol. The molecular weight excluding hydrogens is 430 g/mol. The minimum atomic E-state index is -2.92. The van der Waals surface area contributed by atoms with Crippen molar-refractivity contribution in [2.75, 3.05) is 0 Å². The highest BCUT2D eigenvalue weighted by Gasteiger charge is 2.25. The highest BCUT2D eigenvalue weighted by Crippen LogP contribution is 2.27. The predicted octanol–water partition coefficient (Wildman–Crippen LogP) is 5.19. The monoisotopic (exact) mass is 451 g/mol. The fourth-order valence-electron chi connectivity index (χ4n) is 3.18. The Kier molecular flexibility index (Phi) is 6.25. The van der Waals surface area contributed by atoms with Gasteiger partial charge in [0.25, 0.3) is 12.0 Å². The van der Waals surface area contributed by atoms with Gasteiger partial charge in [-0.2, -0.15) is 0 Å². The Hall–Kier alpha value is -3.43. The van der Waals surface area contributed by atoms with Crippen molar-refractivity contribution in [1.29, 1.82) is 0 Å². The average Bonchev–Trinajstić information content (AvgIpc) is 2.64. The molecule has 3 rings (SSSR count). The van der Waals surface area contributed by atoms with Gasteiger partial charge in [0, 0.05) is 11.6 Å². The van der Waals surface area contributed by atoms with Gasteiger partial charge in [-0.05, 0) is 45.9 Å². The molecular formula is C22H21F4N3O3. The maximum absolute atomic E-state index is 13.9. The Morgan fingerprint density at radius 1 is 1.12 bits per heavy atom. The Balaban J connectivity index is 2.27. The third-order valence-corrected chi connectivity index (χ3v) is 4.42. The van der Waals surface area contributed by atoms with Gasteiger partial charge in [0.2, 0.25) is 0 Å². The van der Waals surface area contributed by atoms with Crippen LogP contribution in [0.4, 0.5) is 22.4 Å². The van der Waals surface area contributed by atoms with E-state index in [0.29, 0.717) is 6.07 Å². The normalized spacial score (nSPS) is 12.8. The number of hydrogen-bond donors (Lipinski definition) is 1. The number of rotatable bonds is 4. The second-order valence-electron chi connectivity index (χ2n) is 8.15. The molecule has 0 saturated heterocycles. The molecule has 2 aromatic carbocycles. The van der Waals surface area contributed by atoms with E-state index in [1.807, 2.05) is 0 Å². The van der Waals surface area contributed by atoms with Gasteiger partial charge in [0.15, 0.2) is 0 Å². The number of alkyl carbamates (subject to hydrolysis) is 1. The van der Waals surface area contributed by atoms with Crippen molar-refractivity contribution in [3.05, 3.63) is 69.8 Å². The molecule has 1 N–H and O–H groups in total. The zero-order valence-electron chi connectivity index (χ0n) is 17.7. The lowest BCUT2D eigenvalue weighted by Crippen LogP contribution is -2.37. The van der Waals surface area contributed by atoms with E-state index in [1.54, 1.807) is 20.8 Å². The van der Waals surface area contributed by atoms with Crippen molar-refractivity contribution in [3.63, 3.8) is 0 Å². The Bertz CT molecular complexity index is 1220. The van der Waals surface area contributed by atoms with Crippen LogP contribution in [0.25, 0.3) is 16.6 Å². The number of amides is 1. The lowest BCUT2D eigenvalue weighted by Gasteiger charge is -2.23. The maximum Gasteiger partial charge on any atom is 0.408 e. The second kappa shape index (κ2) is 8.60. The molecule has 1 amide bonds. The third-order valence-electron chi connectivity index (χ3n) is 4.42. The van der Waals surface area contributed by atoms with Gasteiger partial charge in [0.1, 0.15) is 23.1 Å². The summed E-state index contributed by atoms with van der Waals surface area (Å²) in [7, 11) is 0. The Morgan fingerprint density at radius 2 is 1.75 bits per heavy atom. The van der Waals surface area contributed by atoms with E-state index in [0.717, 1.165) is 22.8 Å². The summed E-state index contributed by atoms with van der Waals surface area (Å²) in [6, 6.07) is 5.07. The Morgan fingerprint density at radius 3 is 2.31 bits per heavy atom. The molecule has 1 atom stereocenters. The first-order valence-electron chi connectivity index (χ1n) is 9.67. The number of carbonyl (C=O) groups is 1. The molecule has 1 unspecified atom stereocenters. The van der Waals surface area contributed by atoms with Crippen LogP contribution in [0, 0.1) is 11.6 Å². The van der Waals surface area contributed by atoms with Gasteiger partial charge >= 0.3 is 6.09 Å². The molecule has 0 saturated carbocycles. The number of halogens is 4. The first-order chi connectivity index (χ1) is 14.9. The van der Waals surface area contributed by atoms with Crippen LogP contribution in [0.3, 0.4) is 0 Å². The van der Waals surface area contributed by atoms with Gasteiger partial charge in [-0.3, -0.25) is 9.36 Å². The van der Waals surface area contributed by atoms with Crippen LogP contribution in [-0.2, 0) is 4.74 Å². The van der Waals surface area contributed by atoms with Gasteiger partial charge in [-0.25, -0.2) is 27.3 Å². The van der Waals surface area contributed by atoms with Crippen molar-refractivity contribution in [3.8, 4) is 5.69 Å². The van der Waals surface area contributed by atoms with Crippen molar-refractivity contribution in [2.45, 2.75) is 45.8 Å². The SMILES string of the molecule is CC(NC(=O)OC(C)(C)C)c1nc2c(C(F)F)cccc2c(=O)n1-c1cc(F)cc(F)c1. The van der Waals surface area contributed by atoms with Crippen molar-refractivity contribution in [2.24, 2.45) is 0 Å². The van der Waals surface area contributed by atoms with Gasteiger partial charge in [0.05, 0.1) is 22.6 Å². The molecule has 1 heterocycles. The van der Waals surface area contributed by atoms with E-state index in [-0.39, 0.29) is 22.4 Å². The Labute approximate surface area is 180 Å². The molecule has 1 aromatic heterocycles. The van der Waals surface area contributed by atoms with Crippen molar-refractivity contribution < 1.29 is 27.1 Å². The summed E-state index contributed by atoms with van der Waals surface area (Å²) in [5, 5.41) is 2.31. The van der Waals surface area contributed by atoms with Gasteiger partial charge < -0.3 is 10.1 Å². The number of hydrogen-bond acceptors (Lipinski definition) is 4. The lowest BCUT2D eigenvalue weighted by atomic mass is 10.1. The molecule has 32 heavy (non-hydrogen) atoms. The molecule has 0 aliphatic carbocycles. The summed E-state index contributed by atoms with van der Waals surface area (Å²) in [6.07, 6.45) is -3.77. The smallest absolute Gasteiger partial charge is 0.408 e. The summed E-state index contributed by atoms with van der Waals surface area (Å²) in [5.74, 6) is -2.11. The molecule has 10 heteroatoms. The van der Waals surface area contributed by atoms with Crippen molar-refractivity contribution >= 4 is 17.0 Å². The molecule has 0 fully saturated rings. The topological polar surface area (TPSA) is 73.2 Å². The molecule has 3 aromatic rings. The molecule has 0 bridgehead atoms. The van der Waals surface area contributed by atoms with E-state index in [1.165, 1.54) is 19.1 Å². The molecule has 0 aliphatic heterocycles. The van der Waals surface area contributed by atoms with E-state index in [2.05, 4.69) is 10.3 Å². The van der Waals surface area contributed by atoms with Crippen LogP contribution >= 0.6 is 0 Å². The van der Waals surface area contributed by atoms with Crippen LogP contribution in [0.5, 0.6) is 0 Å². The zero-order chi connectivity index (χ0) is 23.8. The highest BCUT2D eigenvalue weighted by molar-refractivity contribution is 5.82. The van der Waals surface area contributed by atoms with Crippen LogP contribution in [0.2, 0.25) is 0 Å². The number of nitrogens with one attached hydrogen (secondary N) is 1. The van der Waals surface area contributed by atoms with Gasteiger partial charge in [-0.1, -0.05) is 12.1 Å². The highest BCUT2D eigenvalue weighted by atomic mass is 19.3. The summed E-state index contributed by atoms with van der Waals surface area (Å²) >= 11 is 0. The van der Waals surface area contributed by atoms with Crippen LogP contribution < -0.4 is 10.9 Å². The zero-order valence-corrected chi connectivity index (χ0v) is 17.7. The molecule has 0 aliphatic rings. The minimum absolute atomic E-state index is 0.166. The number of para-hydroxylation sites is 1. The number of nitrogens with zero attached hydrogens (tertiary/aromatic N) is 2. The number of alkyl halides is 2. The standard InChI is InChI=1S/C22H21F4N3O3/c1-11(27-21(31)32-22(2,3)4)19-28-17-15(18(25)26)6-5-7-16(17)20(30)29(19)14-9-12(23)8-13(24)10-14/h5-11,18H,1-4H3,(H,27,31). The van der Waals surface area contributed by atoms with Crippen LogP contribution in [0.15, 0.2) is 41.2 Å². The number of fused-ring (bicyclic) bond motifs is 1. The van der Waals surface area contributed by atoms with E-state index in [4.69, 9.17) is 4.74 Å². The number of carbonyl (C=O) groups excluding carboxylic acids is 1. The van der Waals surface area contributed by atoms with Crippen LogP contribution in [-0.4, -0.2) is 21.2 Å². The fraction of sp³-hybridized carbons (Fsp3) is 0.318. The molecule has 0 spiro atoms. The summed E-state index contributed by atoms with van der Waals surface area (Å²) in [5.41, 5.74) is -2.61. The minimum Gasteiger partial charge on any atom is -0.444 e. The largest absolute Gasteiger partial charge is 0.444 e. The number of ether oxygens (including phenoxy) is 1. The second-order valence-corrected chi connectivity index (χ2v) is 8.15. The predicted molar refractivity (Wildman–Crippen MR) is 110 cm³/mol. The third kappa shape index (κ3) is 4.90. The lowest BCUT2D eigenvalue weighted by molar-refractivity contribution is 0.0505. The molecule has 170 valence electrons. The number of benzene rings is 2. The summed E-state index contributed by atoms with van der Waals surface area (Å²) < 4.78 is 61.0. The van der Waals surface area contributed by atoms with Crippen molar-refractivity contribution in [1.82, 2.24) is 14.9 Å². The van der Waals surface area contributed by atoms with Gasteiger partial charge in [-0.15, -0.1) is 0 Å². The fourth-order valence-corrected chi connectivity index (χ4v) is 3.18.